The molecule has 0 saturated carbocycles. The van der Waals surface area contributed by atoms with Crippen molar-refractivity contribution in [3.8, 4) is 16.9 Å². The summed E-state index contributed by atoms with van der Waals surface area (Å²) in [7, 11) is 0. The molecule has 1 fully saturated rings. The van der Waals surface area contributed by atoms with Gasteiger partial charge in [-0.3, -0.25) is 14.6 Å². The minimum absolute atomic E-state index is 0.000618. The van der Waals surface area contributed by atoms with E-state index in [-0.39, 0.29) is 17.2 Å². The number of Topliss-reactive ketones (excluding diaryl/α,β-unsaturated/α-hetero) is 1. The van der Waals surface area contributed by atoms with Crippen LogP contribution in [0.1, 0.15) is 58.1 Å². The zero-order valence-electron chi connectivity index (χ0n) is 22.4. The normalized spacial score (nSPS) is 15.7. The van der Waals surface area contributed by atoms with E-state index < -0.39 is 6.10 Å². The van der Waals surface area contributed by atoms with Gasteiger partial charge in [0.25, 0.3) is 5.91 Å². The first-order chi connectivity index (χ1) is 17.0. The minimum atomic E-state index is -0.605. The maximum absolute atomic E-state index is 13.1. The Kier molecular flexibility index (Phi) is 7.49. The molecule has 5 nitrogen and oxygen atoms in total. The number of benzene rings is 2. The van der Waals surface area contributed by atoms with Gasteiger partial charge in [0.1, 0.15) is 11.5 Å². The van der Waals surface area contributed by atoms with Crippen molar-refractivity contribution in [2.45, 2.75) is 66.9 Å². The lowest BCUT2D eigenvalue weighted by molar-refractivity contribution is -0.141. The summed E-state index contributed by atoms with van der Waals surface area (Å²) in [5.74, 6) is 0.976. The van der Waals surface area contributed by atoms with Gasteiger partial charge < -0.3 is 9.64 Å². The molecule has 4 rings (SSSR count). The molecule has 0 bridgehead atoms. The number of aromatic nitrogens is 1. The van der Waals surface area contributed by atoms with Crippen LogP contribution in [0.2, 0.25) is 0 Å². The van der Waals surface area contributed by atoms with Gasteiger partial charge in [0.15, 0.2) is 6.10 Å². The topological polar surface area (TPSA) is 59.5 Å². The van der Waals surface area contributed by atoms with Gasteiger partial charge in [-0.25, -0.2) is 0 Å². The summed E-state index contributed by atoms with van der Waals surface area (Å²) in [6.45, 7) is 13.5. The number of carbonyl (C=O) groups is 2. The Bertz CT molecular complexity index is 1250. The number of ether oxygens (including phenoxy) is 1. The highest BCUT2D eigenvalue weighted by molar-refractivity contribution is 5.96. The van der Waals surface area contributed by atoms with Gasteiger partial charge >= 0.3 is 0 Å². The molecule has 2 heterocycles. The molecule has 1 saturated heterocycles. The molecule has 0 aliphatic carbocycles. The molecule has 0 N–H and O–H groups in total. The maximum Gasteiger partial charge on any atom is 0.263 e. The number of amides is 1. The quantitative estimate of drug-likeness (QED) is 0.397. The Morgan fingerprint density at radius 2 is 1.72 bits per heavy atom. The van der Waals surface area contributed by atoms with Crippen molar-refractivity contribution in [2.24, 2.45) is 11.3 Å². The average molecular weight is 487 g/mol. The molecular weight excluding hydrogens is 448 g/mol. The van der Waals surface area contributed by atoms with Crippen LogP contribution in [-0.4, -0.2) is 40.8 Å². The monoisotopic (exact) mass is 486 g/mol. The number of aryl methyl sites for hydroxylation is 2. The molecule has 190 valence electrons. The van der Waals surface area contributed by atoms with Gasteiger partial charge in [-0.05, 0) is 79.5 Å². The van der Waals surface area contributed by atoms with Gasteiger partial charge in [0, 0.05) is 43.1 Å². The number of pyridine rings is 1. The summed E-state index contributed by atoms with van der Waals surface area (Å²) in [4.78, 5) is 32.1. The van der Waals surface area contributed by atoms with E-state index in [0.717, 1.165) is 29.3 Å². The minimum Gasteiger partial charge on any atom is -0.481 e. The Labute approximate surface area is 214 Å². The third-order valence-electron chi connectivity index (χ3n) is 7.09. The lowest BCUT2D eigenvalue weighted by atomic mass is 9.82. The first kappa shape index (κ1) is 25.9. The van der Waals surface area contributed by atoms with Crippen LogP contribution in [0.3, 0.4) is 0 Å². The Morgan fingerprint density at radius 1 is 1.06 bits per heavy atom. The first-order valence-electron chi connectivity index (χ1n) is 13.0. The van der Waals surface area contributed by atoms with E-state index in [1.165, 1.54) is 16.7 Å². The van der Waals surface area contributed by atoms with Crippen molar-refractivity contribution in [1.29, 1.82) is 0 Å². The van der Waals surface area contributed by atoms with Crippen molar-refractivity contribution in [2.75, 3.05) is 13.1 Å². The zero-order valence-corrected chi connectivity index (χ0v) is 22.4. The number of hydrogen-bond donors (Lipinski definition) is 0. The summed E-state index contributed by atoms with van der Waals surface area (Å²) in [6.07, 6.45) is 3.27. The van der Waals surface area contributed by atoms with E-state index in [4.69, 9.17) is 4.74 Å². The summed E-state index contributed by atoms with van der Waals surface area (Å²) in [5.41, 5.74) is 5.67. The Hall–Kier alpha value is -3.21. The number of nitrogens with zero attached hydrogens (tertiary/aromatic N) is 2. The van der Waals surface area contributed by atoms with Crippen LogP contribution in [0.4, 0.5) is 0 Å². The van der Waals surface area contributed by atoms with Crippen LogP contribution in [0.15, 0.2) is 48.7 Å². The van der Waals surface area contributed by atoms with Gasteiger partial charge in [-0.2, -0.15) is 0 Å². The first-order valence-corrected chi connectivity index (χ1v) is 13.0. The van der Waals surface area contributed by atoms with Crippen LogP contribution < -0.4 is 4.74 Å². The van der Waals surface area contributed by atoms with Crippen LogP contribution in [0.5, 0.6) is 5.75 Å². The summed E-state index contributed by atoms with van der Waals surface area (Å²) in [6, 6.07) is 14.2. The molecule has 36 heavy (non-hydrogen) atoms. The predicted molar refractivity (Wildman–Crippen MR) is 145 cm³/mol. The molecule has 0 unspecified atom stereocenters. The Balaban J connectivity index is 1.43. The van der Waals surface area contributed by atoms with Gasteiger partial charge in [-0.15, -0.1) is 0 Å². The smallest absolute Gasteiger partial charge is 0.263 e. The number of carbonyl (C=O) groups excluding carboxylic acids is 2. The number of likely N-dealkylation sites (tertiary alicyclic amines) is 1. The number of hydrogen-bond acceptors (Lipinski definition) is 4. The second kappa shape index (κ2) is 10.4. The van der Waals surface area contributed by atoms with Gasteiger partial charge in [0.05, 0.1) is 5.52 Å². The van der Waals surface area contributed by atoms with E-state index >= 15 is 0 Å². The molecule has 1 aliphatic rings. The number of fused-ring (bicyclic) bond motifs is 1. The van der Waals surface area contributed by atoms with E-state index in [2.05, 4.69) is 63.9 Å². The summed E-state index contributed by atoms with van der Waals surface area (Å²) in [5, 5.41) is 1.06. The van der Waals surface area contributed by atoms with Gasteiger partial charge in [0.2, 0.25) is 0 Å². The van der Waals surface area contributed by atoms with E-state index in [0.29, 0.717) is 31.0 Å². The van der Waals surface area contributed by atoms with Crippen LogP contribution in [0, 0.1) is 25.2 Å². The molecule has 1 atom stereocenters. The second-order valence-corrected chi connectivity index (χ2v) is 11.4. The fourth-order valence-corrected chi connectivity index (χ4v) is 5.26. The van der Waals surface area contributed by atoms with E-state index in [1.54, 1.807) is 6.92 Å². The van der Waals surface area contributed by atoms with E-state index in [1.807, 2.05) is 29.3 Å². The molecule has 1 aliphatic heterocycles. The van der Waals surface area contributed by atoms with Crippen molar-refractivity contribution < 1.29 is 14.3 Å². The standard InChI is InChI=1S/C31H38N2O3/c1-20-8-7-9-21(2)29(20)26-12-15-32-27-18-24(10-11-25(26)27)36-22(3)30(35)33-16-13-23(14-17-33)28(34)19-31(4,5)6/h7-12,15,18,22-23H,13-14,16-17,19H2,1-6H3/t22-/m1/s1. The largest absolute Gasteiger partial charge is 0.481 e. The SMILES string of the molecule is Cc1cccc(C)c1-c1ccnc2cc(O[C@H](C)C(=O)N3CCC(C(=O)CC(C)(C)C)CC3)ccc12. The third-order valence-corrected chi connectivity index (χ3v) is 7.09. The number of ketones is 1. The predicted octanol–water partition coefficient (Wildman–Crippen LogP) is 6.53. The molecule has 0 radical (unpaired) electrons. The summed E-state index contributed by atoms with van der Waals surface area (Å²) < 4.78 is 6.07. The molecule has 3 aromatic rings. The lowest BCUT2D eigenvalue weighted by Crippen LogP contribution is -2.46. The summed E-state index contributed by atoms with van der Waals surface area (Å²) >= 11 is 0. The highest BCUT2D eigenvalue weighted by Crippen LogP contribution is 2.34. The van der Waals surface area contributed by atoms with Crippen LogP contribution in [-0.2, 0) is 9.59 Å². The highest BCUT2D eigenvalue weighted by Gasteiger charge is 2.31. The fraction of sp³-hybridized carbons (Fsp3) is 0.452. The van der Waals surface area contributed by atoms with E-state index in [9.17, 15) is 9.59 Å². The fourth-order valence-electron chi connectivity index (χ4n) is 5.26. The number of rotatable bonds is 6. The number of piperidine rings is 1. The van der Waals surface area contributed by atoms with Gasteiger partial charge in [-0.1, -0.05) is 39.0 Å². The van der Waals surface area contributed by atoms with Crippen molar-refractivity contribution in [3.05, 3.63) is 59.8 Å². The van der Waals surface area contributed by atoms with Crippen LogP contribution >= 0.6 is 0 Å². The van der Waals surface area contributed by atoms with Crippen molar-refractivity contribution >= 4 is 22.6 Å². The third kappa shape index (κ3) is 5.77. The Morgan fingerprint density at radius 3 is 2.36 bits per heavy atom. The molecule has 0 spiro atoms. The highest BCUT2D eigenvalue weighted by atomic mass is 16.5. The van der Waals surface area contributed by atoms with Crippen molar-refractivity contribution in [3.63, 3.8) is 0 Å². The lowest BCUT2D eigenvalue weighted by Gasteiger charge is -2.33. The zero-order chi connectivity index (χ0) is 26.0. The second-order valence-electron chi connectivity index (χ2n) is 11.4. The molecular formula is C31H38N2O3. The molecule has 1 amide bonds. The molecule has 5 heteroatoms. The molecule has 1 aromatic heterocycles. The molecule has 2 aromatic carbocycles. The maximum atomic E-state index is 13.1. The average Bonchev–Trinajstić information content (AvgIpc) is 2.82. The van der Waals surface area contributed by atoms with Crippen molar-refractivity contribution in [1.82, 2.24) is 9.88 Å². The van der Waals surface area contributed by atoms with Crippen LogP contribution in [0.25, 0.3) is 22.0 Å².